The number of aromatic nitrogens is 3. The predicted octanol–water partition coefficient (Wildman–Crippen LogP) is 1.89. The minimum atomic E-state index is -4.34. The van der Waals surface area contributed by atoms with Gasteiger partial charge < -0.3 is 10.6 Å². The van der Waals surface area contributed by atoms with Crippen LogP contribution in [0.1, 0.15) is 13.3 Å². The van der Waals surface area contributed by atoms with Crippen LogP contribution in [0.2, 0.25) is 5.28 Å². The van der Waals surface area contributed by atoms with Gasteiger partial charge in [-0.05, 0) is 18.0 Å². The van der Waals surface area contributed by atoms with Gasteiger partial charge in [0.1, 0.15) is 6.54 Å². The van der Waals surface area contributed by atoms with Crippen molar-refractivity contribution in [2.24, 2.45) is 0 Å². The van der Waals surface area contributed by atoms with Crippen LogP contribution in [-0.4, -0.2) is 34.2 Å². The van der Waals surface area contributed by atoms with Crippen LogP contribution < -0.4 is 10.6 Å². The third kappa shape index (κ3) is 4.59. The Labute approximate surface area is 101 Å². The zero-order chi connectivity index (χ0) is 13.1. The van der Waals surface area contributed by atoms with Crippen LogP contribution in [0.4, 0.5) is 25.1 Å². The van der Waals surface area contributed by atoms with E-state index in [9.17, 15) is 13.2 Å². The Balaban J connectivity index is 2.96. The molecule has 0 aromatic carbocycles. The van der Waals surface area contributed by atoms with Gasteiger partial charge in [-0.1, -0.05) is 6.92 Å². The molecule has 2 N–H and O–H groups in total. The number of hydrogen-bond acceptors (Lipinski definition) is 5. The highest BCUT2D eigenvalue weighted by molar-refractivity contribution is 6.28. The first kappa shape index (κ1) is 13.8. The van der Waals surface area contributed by atoms with E-state index in [4.69, 9.17) is 17.3 Å². The third-order valence-corrected chi connectivity index (χ3v) is 1.93. The summed E-state index contributed by atoms with van der Waals surface area (Å²) in [5.41, 5.74) is 5.30. The summed E-state index contributed by atoms with van der Waals surface area (Å²) in [6, 6.07) is 0. The molecule has 9 heteroatoms. The molecule has 17 heavy (non-hydrogen) atoms. The van der Waals surface area contributed by atoms with Crippen LogP contribution in [0.25, 0.3) is 0 Å². The second-order valence-electron chi connectivity index (χ2n) is 3.30. The van der Waals surface area contributed by atoms with Crippen molar-refractivity contribution in [1.29, 1.82) is 0 Å². The quantitative estimate of drug-likeness (QED) is 0.904. The van der Waals surface area contributed by atoms with Gasteiger partial charge in [-0.2, -0.15) is 28.1 Å². The van der Waals surface area contributed by atoms with Gasteiger partial charge >= 0.3 is 6.18 Å². The van der Waals surface area contributed by atoms with Crippen molar-refractivity contribution in [2.45, 2.75) is 19.5 Å². The maximum atomic E-state index is 12.3. The first-order valence-electron chi connectivity index (χ1n) is 4.80. The first-order chi connectivity index (χ1) is 7.81. The molecule has 5 nitrogen and oxygen atoms in total. The fourth-order valence-electron chi connectivity index (χ4n) is 1.23. The van der Waals surface area contributed by atoms with E-state index < -0.39 is 12.7 Å². The number of halogens is 4. The Morgan fingerprint density at radius 1 is 1.29 bits per heavy atom. The molecule has 0 bridgehead atoms. The molecule has 0 radical (unpaired) electrons. The summed E-state index contributed by atoms with van der Waals surface area (Å²) in [5, 5.41) is -0.226. The number of nitrogens with two attached hydrogens (primary N) is 1. The van der Waals surface area contributed by atoms with Crippen LogP contribution in [0.3, 0.4) is 0 Å². The topological polar surface area (TPSA) is 67.9 Å². The van der Waals surface area contributed by atoms with Crippen LogP contribution in [0.15, 0.2) is 0 Å². The molecule has 0 unspecified atom stereocenters. The van der Waals surface area contributed by atoms with Gasteiger partial charge in [0.15, 0.2) is 0 Å². The lowest BCUT2D eigenvalue weighted by molar-refractivity contribution is -0.119. The van der Waals surface area contributed by atoms with E-state index in [2.05, 4.69) is 15.0 Å². The van der Waals surface area contributed by atoms with Gasteiger partial charge in [-0.25, -0.2) is 0 Å². The average Bonchev–Trinajstić information content (AvgIpc) is 2.13. The molecule has 1 rings (SSSR count). The molecule has 1 aromatic heterocycles. The van der Waals surface area contributed by atoms with E-state index in [-0.39, 0.29) is 23.7 Å². The van der Waals surface area contributed by atoms with E-state index in [1.807, 2.05) is 0 Å². The summed E-state index contributed by atoms with van der Waals surface area (Å²) < 4.78 is 37.0. The van der Waals surface area contributed by atoms with E-state index in [1.165, 1.54) is 0 Å². The Hall–Kier alpha value is -1.31. The van der Waals surface area contributed by atoms with E-state index in [0.717, 1.165) is 4.90 Å². The number of nitrogens with zero attached hydrogens (tertiary/aromatic N) is 4. The van der Waals surface area contributed by atoms with Crippen molar-refractivity contribution in [2.75, 3.05) is 23.7 Å². The highest BCUT2D eigenvalue weighted by Gasteiger charge is 2.31. The van der Waals surface area contributed by atoms with E-state index in [0.29, 0.717) is 6.42 Å². The molecule has 1 heterocycles. The highest BCUT2D eigenvalue weighted by Crippen LogP contribution is 2.20. The Kier molecular flexibility index (Phi) is 4.33. The third-order valence-electron chi connectivity index (χ3n) is 1.76. The van der Waals surface area contributed by atoms with Crippen molar-refractivity contribution in [3.05, 3.63) is 5.28 Å². The van der Waals surface area contributed by atoms with Crippen molar-refractivity contribution in [1.82, 2.24) is 15.0 Å². The highest BCUT2D eigenvalue weighted by atomic mass is 35.5. The molecule has 0 aliphatic heterocycles. The van der Waals surface area contributed by atoms with Crippen molar-refractivity contribution < 1.29 is 13.2 Å². The Bertz CT molecular complexity index is 364. The predicted molar refractivity (Wildman–Crippen MR) is 57.8 cm³/mol. The lowest BCUT2D eigenvalue weighted by Crippen LogP contribution is -2.36. The molecule has 0 atom stereocenters. The minimum Gasteiger partial charge on any atom is -0.368 e. The lowest BCUT2D eigenvalue weighted by atomic mass is 10.4. The SMILES string of the molecule is CCCN(CC(F)(F)F)c1nc(N)nc(Cl)n1. The molecule has 0 aliphatic rings. The second kappa shape index (κ2) is 5.35. The fraction of sp³-hybridized carbons (Fsp3) is 0.625. The number of hydrogen-bond donors (Lipinski definition) is 1. The molecule has 0 amide bonds. The minimum absolute atomic E-state index is 0.152. The summed E-state index contributed by atoms with van der Waals surface area (Å²) in [7, 11) is 0. The molecule has 0 spiro atoms. The summed E-state index contributed by atoms with van der Waals surface area (Å²) in [5.74, 6) is -0.370. The van der Waals surface area contributed by atoms with Gasteiger partial charge in [0, 0.05) is 6.54 Å². The molecule has 0 saturated carbocycles. The zero-order valence-corrected chi connectivity index (χ0v) is 9.76. The van der Waals surface area contributed by atoms with Crippen LogP contribution in [0, 0.1) is 0 Å². The van der Waals surface area contributed by atoms with Crippen LogP contribution >= 0.6 is 11.6 Å². The summed E-state index contributed by atoms with van der Waals surface area (Å²) in [6.07, 6.45) is -3.83. The summed E-state index contributed by atoms with van der Waals surface area (Å²) >= 11 is 5.52. The average molecular weight is 270 g/mol. The summed E-state index contributed by atoms with van der Waals surface area (Å²) in [6.45, 7) is 0.745. The Morgan fingerprint density at radius 3 is 2.41 bits per heavy atom. The van der Waals surface area contributed by atoms with Gasteiger partial charge in [0.05, 0.1) is 0 Å². The number of rotatable bonds is 4. The van der Waals surface area contributed by atoms with Crippen LogP contribution in [0.5, 0.6) is 0 Å². The maximum Gasteiger partial charge on any atom is 0.406 e. The number of anilines is 2. The number of nitrogen functional groups attached to an aromatic ring is 1. The molecule has 0 fully saturated rings. The smallest absolute Gasteiger partial charge is 0.368 e. The monoisotopic (exact) mass is 269 g/mol. The molecule has 96 valence electrons. The Morgan fingerprint density at radius 2 is 1.94 bits per heavy atom. The molecular formula is C8H11ClF3N5. The van der Waals surface area contributed by atoms with Crippen LogP contribution in [-0.2, 0) is 0 Å². The lowest BCUT2D eigenvalue weighted by Gasteiger charge is -2.23. The fourth-order valence-corrected chi connectivity index (χ4v) is 1.39. The zero-order valence-electron chi connectivity index (χ0n) is 9.00. The van der Waals surface area contributed by atoms with Gasteiger partial charge in [-0.3, -0.25) is 0 Å². The van der Waals surface area contributed by atoms with Gasteiger partial charge in [0.2, 0.25) is 17.2 Å². The van der Waals surface area contributed by atoms with Crippen molar-refractivity contribution in [3.8, 4) is 0 Å². The normalized spacial score (nSPS) is 11.6. The van der Waals surface area contributed by atoms with Gasteiger partial charge in [-0.15, -0.1) is 0 Å². The van der Waals surface area contributed by atoms with E-state index in [1.54, 1.807) is 6.92 Å². The van der Waals surface area contributed by atoms with E-state index >= 15 is 0 Å². The molecule has 0 aliphatic carbocycles. The maximum absolute atomic E-state index is 12.3. The second-order valence-corrected chi connectivity index (χ2v) is 3.64. The first-order valence-corrected chi connectivity index (χ1v) is 5.18. The van der Waals surface area contributed by atoms with Crippen molar-refractivity contribution in [3.63, 3.8) is 0 Å². The summed E-state index contributed by atoms with van der Waals surface area (Å²) in [4.78, 5) is 11.7. The standard InChI is InChI=1S/C8H11ClF3N5/c1-2-3-17(4-8(10,11)12)7-15-5(9)14-6(13)16-7/h2-4H2,1H3,(H2,13,14,15,16). The van der Waals surface area contributed by atoms with Crippen molar-refractivity contribution >= 4 is 23.5 Å². The van der Waals surface area contributed by atoms with Gasteiger partial charge in [0.25, 0.3) is 0 Å². The largest absolute Gasteiger partial charge is 0.406 e. The molecule has 1 aromatic rings. The molecule has 0 saturated heterocycles. The molecular weight excluding hydrogens is 259 g/mol. The number of alkyl halides is 3.